The van der Waals surface area contributed by atoms with E-state index in [0.717, 1.165) is 18.8 Å². The lowest BCUT2D eigenvalue weighted by atomic mass is 9.87. The second-order valence-electron chi connectivity index (χ2n) is 4.67. The average Bonchev–Trinajstić information content (AvgIpc) is 2.62. The molecule has 15 heavy (non-hydrogen) atoms. The summed E-state index contributed by atoms with van der Waals surface area (Å²) in [6.45, 7) is 2.24. The Morgan fingerprint density at radius 3 is 2.60 bits per heavy atom. The molecule has 0 saturated heterocycles. The van der Waals surface area contributed by atoms with Crippen molar-refractivity contribution in [1.82, 2.24) is 0 Å². The highest BCUT2D eigenvalue weighted by Gasteiger charge is 2.33. The van der Waals surface area contributed by atoms with Crippen molar-refractivity contribution < 1.29 is 5.11 Å². The number of hydrogen-bond acceptors (Lipinski definition) is 1. The van der Waals surface area contributed by atoms with Crippen LogP contribution in [-0.4, -0.2) is 11.2 Å². The molecule has 1 fully saturated rings. The average molecular weight is 204 g/mol. The second-order valence-corrected chi connectivity index (χ2v) is 4.67. The predicted octanol–water partition coefficient (Wildman–Crippen LogP) is 3.03. The third-order valence-corrected chi connectivity index (χ3v) is 3.77. The van der Waals surface area contributed by atoms with Crippen LogP contribution in [0.2, 0.25) is 0 Å². The minimum Gasteiger partial charge on any atom is -0.393 e. The predicted molar refractivity (Wildman–Crippen MR) is 62.7 cm³/mol. The first kappa shape index (κ1) is 10.7. The van der Waals surface area contributed by atoms with Crippen LogP contribution >= 0.6 is 0 Å². The van der Waals surface area contributed by atoms with Crippen LogP contribution in [0.3, 0.4) is 0 Å². The van der Waals surface area contributed by atoms with Gasteiger partial charge in [-0.25, -0.2) is 0 Å². The van der Waals surface area contributed by atoms with Crippen LogP contribution in [0.15, 0.2) is 30.3 Å². The molecule has 0 amide bonds. The molecule has 1 aliphatic rings. The molecule has 1 heteroatoms. The molecular weight excluding hydrogens is 184 g/mol. The van der Waals surface area contributed by atoms with Crippen molar-refractivity contribution in [1.29, 1.82) is 0 Å². The van der Waals surface area contributed by atoms with Gasteiger partial charge in [0.15, 0.2) is 0 Å². The van der Waals surface area contributed by atoms with Gasteiger partial charge in [0, 0.05) is 0 Å². The summed E-state index contributed by atoms with van der Waals surface area (Å²) in [6.07, 6.45) is 4.37. The van der Waals surface area contributed by atoms with Crippen LogP contribution in [-0.2, 0) is 6.42 Å². The van der Waals surface area contributed by atoms with Crippen molar-refractivity contribution in [2.24, 2.45) is 11.8 Å². The van der Waals surface area contributed by atoms with Gasteiger partial charge < -0.3 is 5.11 Å². The van der Waals surface area contributed by atoms with Crippen molar-refractivity contribution in [3.8, 4) is 0 Å². The van der Waals surface area contributed by atoms with Crippen LogP contribution in [0.5, 0.6) is 0 Å². The molecule has 0 aromatic heterocycles. The van der Waals surface area contributed by atoms with Crippen LogP contribution < -0.4 is 0 Å². The van der Waals surface area contributed by atoms with Gasteiger partial charge in [0.25, 0.3) is 0 Å². The fraction of sp³-hybridized carbons (Fsp3) is 0.571. The van der Waals surface area contributed by atoms with Crippen molar-refractivity contribution in [3.63, 3.8) is 0 Å². The second kappa shape index (κ2) is 4.80. The quantitative estimate of drug-likeness (QED) is 0.802. The fourth-order valence-corrected chi connectivity index (χ4v) is 2.82. The van der Waals surface area contributed by atoms with Gasteiger partial charge in [-0.15, -0.1) is 0 Å². The standard InChI is InChI=1S/C14H20O/c1-2-12-8-9-14(15)13(12)10-11-6-4-3-5-7-11/h3-7,12-15H,2,8-10H2,1H3/t12-,13-,14-/m0/s1. The van der Waals surface area contributed by atoms with Gasteiger partial charge in [-0.05, 0) is 36.7 Å². The minimum atomic E-state index is -0.0739. The lowest BCUT2D eigenvalue weighted by Gasteiger charge is -2.20. The molecule has 1 saturated carbocycles. The first-order valence-electron chi connectivity index (χ1n) is 6.03. The van der Waals surface area contributed by atoms with Gasteiger partial charge in [-0.2, -0.15) is 0 Å². The van der Waals surface area contributed by atoms with E-state index in [1.165, 1.54) is 18.4 Å². The first-order valence-corrected chi connectivity index (χ1v) is 6.03. The Labute approximate surface area is 92.1 Å². The van der Waals surface area contributed by atoms with Gasteiger partial charge in [0.05, 0.1) is 6.10 Å². The van der Waals surface area contributed by atoms with E-state index in [1.54, 1.807) is 0 Å². The van der Waals surface area contributed by atoms with Crippen LogP contribution in [0.1, 0.15) is 31.7 Å². The summed E-state index contributed by atoms with van der Waals surface area (Å²) in [6, 6.07) is 10.5. The normalized spacial score (nSPS) is 30.7. The van der Waals surface area contributed by atoms with Crippen molar-refractivity contribution in [3.05, 3.63) is 35.9 Å². The van der Waals surface area contributed by atoms with Crippen LogP contribution in [0, 0.1) is 11.8 Å². The topological polar surface area (TPSA) is 20.2 Å². The number of rotatable bonds is 3. The molecule has 0 unspecified atom stereocenters. The highest BCUT2D eigenvalue weighted by Crippen LogP contribution is 2.36. The molecule has 0 heterocycles. The maximum absolute atomic E-state index is 9.95. The van der Waals surface area contributed by atoms with Crippen molar-refractivity contribution in [2.75, 3.05) is 0 Å². The van der Waals surface area contributed by atoms with Gasteiger partial charge in [-0.3, -0.25) is 0 Å². The van der Waals surface area contributed by atoms with E-state index in [1.807, 2.05) is 6.07 Å². The first-order chi connectivity index (χ1) is 7.31. The number of benzene rings is 1. The Kier molecular flexibility index (Phi) is 3.42. The summed E-state index contributed by atoms with van der Waals surface area (Å²) in [4.78, 5) is 0. The highest BCUT2D eigenvalue weighted by molar-refractivity contribution is 5.16. The molecule has 0 bridgehead atoms. The Morgan fingerprint density at radius 2 is 1.93 bits per heavy atom. The molecule has 1 aromatic rings. The van der Waals surface area contributed by atoms with Gasteiger partial charge in [0.1, 0.15) is 0 Å². The fourth-order valence-electron chi connectivity index (χ4n) is 2.82. The minimum absolute atomic E-state index is 0.0739. The molecule has 1 aliphatic carbocycles. The molecule has 2 rings (SSSR count). The number of aliphatic hydroxyl groups excluding tert-OH is 1. The molecule has 82 valence electrons. The summed E-state index contributed by atoms with van der Waals surface area (Å²) in [7, 11) is 0. The summed E-state index contributed by atoms with van der Waals surface area (Å²) in [5, 5.41) is 9.95. The highest BCUT2D eigenvalue weighted by atomic mass is 16.3. The smallest absolute Gasteiger partial charge is 0.0574 e. The number of hydrogen-bond donors (Lipinski definition) is 1. The summed E-state index contributed by atoms with van der Waals surface area (Å²) in [5.41, 5.74) is 1.36. The summed E-state index contributed by atoms with van der Waals surface area (Å²) >= 11 is 0. The van der Waals surface area contributed by atoms with Crippen molar-refractivity contribution in [2.45, 2.75) is 38.7 Å². The third kappa shape index (κ3) is 2.40. The molecule has 0 spiro atoms. The number of aliphatic hydroxyl groups is 1. The molecule has 1 aromatic carbocycles. The Hall–Kier alpha value is -0.820. The summed E-state index contributed by atoms with van der Waals surface area (Å²) in [5.74, 6) is 1.21. The molecular formula is C14H20O. The summed E-state index contributed by atoms with van der Waals surface area (Å²) < 4.78 is 0. The Balaban J connectivity index is 2.04. The molecule has 1 nitrogen and oxygen atoms in total. The molecule has 1 N–H and O–H groups in total. The Bertz CT molecular complexity index is 293. The zero-order valence-electron chi connectivity index (χ0n) is 9.39. The van der Waals surface area contributed by atoms with E-state index in [-0.39, 0.29) is 6.10 Å². The third-order valence-electron chi connectivity index (χ3n) is 3.77. The largest absolute Gasteiger partial charge is 0.393 e. The lowest BCUT2D eigenvalue weighted by Crippen LogP contribution is -2.21. The monoisotopic (exact) mass is 204 g/mol. The van der Waals surface area contributed by atoms with Gasteiger partial charge >= 0.3 is 0 Å². The van der Waals surface area contributed by atoms with E-state index < -0.39 is 0 Å². The molecule has 0 aliphatic heterocycles. The maximum Gasteiger partial charge on any atom is 0.0574 e. The maximum atomic E-state index is 9.95. The van der Waals surface area contributed by atoms with E-state index >= 15 is 0 Å². The van der Waals surface area contributed by atoms with E-state index in [0.29, 0.717) is 5.92 Å². The van der Waals surface area contributed by atoms with Gasteiger partial charge in [-0.1, -0.05) is 43.7 Å². The van der Waals surface area contributed by atoms with Gasteiger partial charge in [0.2, 0.25) is 0 Å². The molecule has 3 atom stereocenters. The van der Waals surface area contributed by atoms with Crippen LogP contribution in [0.25, 0.3) is 0 Å². The van der Waals surface area contributed by atoms with E-state index in [9.17, 15) is 5.11 Å². The van der Waals surface area contributed by atoms with Crippen molar-refractivity contribution >= 4 is 0 Å². The van der Waals surface area contributed by atoms with E-state index in [2.05, 4.69) is 31.2 Å². The SMILES string of the molecule is CC[C@H]1CC[C@H](O)[C@H]1Cc1ccccc1. The zero-order valence-corrected chi connectivity index (χ0v) is 9.39. The zero-order chi connectivity index (χ0) is 10.7. The van der Waals surface area contributed by atoms with Crippen LogP contribution in [0.4, 0.5) is 0 Å². The molecule has 0 radical (unpaired) electrons. The lowest BCUT2D eigenvalue weighted by molar-refractivity contribution is 0.116. The Morgan fingerprint density at radius 1 is 1.20 bits per heavy atom. The van der Waals surface area contributed by atoms with E-state index in [4.69, 9.17) is 0 Å².